The van der Waals surface area contributed by atoms with Gasteiger partial charge in [0.15, 0.2) is 0 Å². The Bertz CT molecular complexity index is 537. The highest BCUT2D eigenvalue weighted by Crippen LogP contribution is 2.05. The van der Waals surface area contributed by atoms with Gasteiger partial charge in [-0.2, -0.15) is 0 Å². The Hall–Kier alpha value is -2.90. The first-order valence-corrected chi connectivity index (χ1v) is 6.50. The molecule has 0 atom stereocenters. The van der Waals surface area contributed by atoms with E-state index in [1.54, 1.807) is 0 Å². The first kappa shape index (κ1) is 17.2. The van der Waals surface area contributed by atoms with Crippen LogP contribution in [-0.2, 0) is 9.59 Å². The summed E-state index contributed by atoms with van der Waals surface area (Å²) in [6, 6.07) is 5.85. The van der Waals surface area contributed by atoms with Crippen molar-refractivity contribution in [3.05, 3.63) is 35.4 Å². The van der Waals surface area contributed by atoms with Gasteiger partial charge in [-0.05, 0) is 18.2 Å². The van der Waals surface area contributed by atoms with Crippen LogP contribution in [0.25, 0.3) is 0 Å². The van der Waals surface area contributed by atoms with E-state index >= 15 is 0 Å². The second kappa shape index (κ2) is 8.40. The second-order valence-corrected chi connectivity index (χ2v) is 4.38. The Balaban J connectivity index is 2.60. The van der Waals surface area contributed by atoms with Crippen molar-refractivity contribution in [1.29, 1.82) is 0 Å². The SMILES string of the molecule is O=C(O)CCNC(=O)c1cccc(C(=O)NCCC(=O)O)c1. The smallest absolute Gasteiger partial charge is 0.305 e. The molecule has 0 unspecified atom stereocenters. The number of carboxylic acids is 2. The van der Waals surface area contributed by atoms with Crippen molar-refractivity contribution in [1.82, 2.24) is 10.6 Å². The number of aliphatic carboxylic acids is 2. The molecule has 0 fully saturated rings. The summed E-state index contributed by atoms with van der Waals surface area (Å²) in [6.45, 7) is -0.0214. The number of benzene rings is 1. The molecule has 8 nitrogen and oxygen atoms in total. The van der Waals surface area contributed by atoms with Gasteiger partial charge in [-0.25, -0.2) is 0 Å². The standard InChI is InChI=1S/C14H16N2O6/c17-11(18)4-6-15-13(21)9-2-1-3-10(8-9)14(22)16-7-5-12(19)20/h1-3,8H,4-7H2,(H,15,21)(H,16,22)(H,17,18)(H,19,20). The van der Waals surface area contributed by atoms with Crippen LogP contribution in [0, 0.1) is 0 Å². The minimum Gasteiger partial charge on any atom is -0.481 e. The molecule has 0 heterocycles. The Morgan fingerprint density at radius 3 is 1.59 bits per heavy atom. The molecule has 0 radical (unpaired) electrons. The van der Waals surface area contributed by atoms with Gasteiger partial charge in [0.1, 0.15) is 0 Å². The fourth-order valence-corrected chi connectivity index (χ4v) is 1.57. The van der Waals surface area contributed by atoms with Crippen LogP contribution >= 0.6 is 0 Å². The van der Waals surface area contributed by atoms with Crippen molar-refractivity contribution in [3.8, 4) is 0 Å². The predicted octanol–water partition coefficient (Wildman–Crippen LogP) is 0.0956. The number of rotatable bonds is 8. The zero-order chi connectivity index (χ0) is 16.5. The molecule has 22 heavy (non-hydrogen) atoms. The molecule has 118 valence electrons. The molecule has 0 aliphatic rings. The maximum atomic E-state index is 11.8. The largest absolute Gasteiger partial charge is 0.481 e. The lowest BCUT2D eigenvalue weighted by molar-refractivity contribution is -0.137. The Labute approximate surface area is 126 Å². The van der Waals surface area contributed by atoms with Gasteiger partial charge in [-0.1, -0.05) is 6.07 Å². The molecular weight excluding hydrogens is 292 g/mol. The highest BCUT2D eigenvalue weighted by Gasteiger charge is 2.11. The lowest BCUT2D eigenvalue weighted by atomic mass is 10.1. The molecular formula is C14H16N2O6. The van der Waals surface area contributed by atoms with Crippen molar-refractivity contribution in [3.63, 3.8) is 0 Å². The zero-order valence-corrected chi connectivity index (χ0v) is 11.7. The summed E-state index contributed by atoms with van der Waals surface area (Å²) in [6.07, 6.45) is -0.387. The zero-order valence-electron chi connectivity index (χ0n) is 11.7. The summed E-state index contributed by atoms with van der Waals surface area (Å²) in [7, 11) is 0. The molecule has 2 amide bonds. The molecule has 0 saturated heterocycles. The van der Waals surface area contributed by atoms with Gasteiger partial charge in [0.05, 0.1) is 12.8 Å². The summed E-state index contributed by atoms with van der Waals surface area (Å²) in [5, 5.41) is 21.8. The molecule has 4 N–H and O–H groups in total. The third kappa shape index (κ3) is 6.04. The number of carbonyl (C=O) groups excluding carboxylic acids is 2. The molecule has 8 heteroatoms. The Kier molecular flexibility index (Phi) is 6.55. The van der Waals surface area contributed by atoms with E-state index in [9.17, 15) is 19.2 Å². The van der Waals surface area contributed by atoms with E-state index in [1.165, 1.54) is 24.3 Å². The minimum atomic E-state index is -1.02. The van der Waals surface area contributed by atoms with Gasteiger partial charge in [0.2, 0.25) is 0 Å². The van der Waals surface area contributed by atoms with Crippen molar-refractivity contribution < 1.29 is 29.4 Å². The fraction of sp³-hybridized carbons (Fsp3) is 0.286. The highest BCUT2D eigenvalue weighted by atomic mass is 16.4. The van der Waals surface area contributed by atoms with E-state index in [1.807, 2.05) is 0 Å². The van der Waals surface area contributed by atoms with Crippen molar-refractivity contribution >= 4 is 23.8 Å². The summed E-state index contributed by atoms with van der Waals surface area (Å²) >= 11 is 0. The lowest BCUT2D eigenvalue weighted by Gasteiger charge is -2.07. The van der Waals surface area contributed by atoms with Crippen LogP contribution < -0.4 is 10.6 Å². The van der Waals surface area contributed by atoms with Crippen LogP contribution in [0.15, 0.2) is 24.3 Å². The maximum Gasteiger partial charge on any atom is 0.305 e. The fourth-order valence-electron chi connectivity index (χ4n) is 1.57. The molecule has 0 aliphatic carbocycles. The van der Waals surface area contributed by atoms with Gasteiger partial charge in [-0.3, -0.25) is 19.2 Å². The van der Waals surface area contributed by atoms with Gasteiger partial charge in [-0.15, -0.1) is 0 Å². The highest BCUT2D eigenvalue weighted by molar-refractivity contribution is 5.99. The predicted molar refractivity (Wildman–Crippen MR) is 75.6 cm³/mol. The Morgan fingerprint density at radius 2 is 1.23 bits per heavy atom. The van der Waals surface area contributed by atoms with Crippen molar-refractivity contribution in [2.24, 2.45) is 0 Å². The van der Waals surface area contributed by atoms with Crippen LogP contribution in [0.4, 0.5) is 0 Å². The number of nitrogens with one attached hydrogen (secondary N) is 2. The number of amides is 2. The summed E-state index contributed by atoms with van der Waals surface area (Å²) < 4.78 is 0. The first-order chi connectivity index (χ1) is 10.4. The van der Waals surface area contributed by atoms with E-state index in [-0.39, 0.29) is 37.1 Å². The molecule has 0 aliphatic heterocycles. The summed E-state index contributed by atoms with van der Waals surface area (Å²) in [5.74, 6) is -3.01. The van der Waals surface area contributed by atoms with Crippen LogP contribution in [0.3, 0.4) is 0 Å². The van der Waals surface area contributed by atoms with Crippen LogP contribution in [0.2, 0.25) is 0 Å². The van der Waals surface area contributed by atoms with Gasteiger partial charge >= 0.3 is 11.9 Å². The molecule has 0 bridgehead atoms. The number of hydrogen-bond donors (Lipinski definition) is 4. The van der Waals surface area contributed by atoms with E-state index in [0.717, 1.165) is 0 Å². The minimum absolute atomic E-state index is 0.0107. The summed E-state index contributed by atoms with van der Waals surface area (Å²) in [5.41, 5.74) is 0.438. The van der Waals surface area contributed by atoms with Gasteiger partial charge in [0.25, 0.3) is 11.8 Å². The van der Waals surface area contributed by atoms with Crippen molar-refractivity contribution in [2.75, 3.05) is 13.1 Å². The number of carboxylic acid groups (broad SMARTS) is 2. The third-order valence-electron chi connectivity index (χ3n) is 2.64. The molecule has 0 saturated carbocycles. The Morgan fingerprint density at radius 1 is 0.818 bits per heavy atom. The van der Waals surface area contributed by atoms with Gasteiger partial charge < -0.3 is 20.8 Å². The van der Waals surface area contributed by atoms with Crippen LogP contribution in [0.5, 0.6) is 0 Å². The molecule has 1 aromatic carbocycles. The van der Waals surface area contributed by atoms with E-state index < -0.39 is 23.8 Å². The van der Waals surface area contributed by atoms with Crippen molar-refractivity contribution in [2.45, 2.75) is 12.8 Å². The third-order valence-corrected chi connectivity index (χ3v) is 2.64. The number of hydrogen-bond acceptors (Lipinski definition) is 4. The molecule has 0 spiro atoms. The molecule has 1 rings (SSSR count). The van der Waals surface area contributed by atoms with E-state index in [2.05, 4.69) is 10.6 Å². The van der Waals surface area contributed by atoms with Gasteiger partial charge in [0, 0.05) is 24.2 Å². The lowest BCUT2D eigenvalue weighted by Crippen LogP contribution is -2.28. The average Bonchev–Trinajstić information content (AvgIpc) is 2.46. The summed E-state index contributed by atoms with van der Waals surface area (Å²) in [4.78, 5) is 44.3. The topological polar surface area (TPSA) is 133 Å². The molecule has 1 aromatic rings. The van der Waals surface area contributed by atoms with Crippen LogP contribution in [0.1, 0.15) is 33.6 Å². The van der Waals surface area contributed by atoms with Crippen LogP contribution in [-0.4, -0.2) is 47.1 Å². The van der Waals surface area contributed by atoms with E-state index in [4.69, 9.17) is 10.2 Å². The first-order valence-electron chi connectivity index (χ1n) is 6.50. The maximum absolute atomic E-state index is 11.8. The average molecular weight is 308 g/mol. The molecule has 0 aromatic heterocycles. The monoisotopic (exact) mass is 308 g/mol. The van der Waals surface area contributed by atoms with E-state index in [0.29, 0.717) is 0 Å². The quantitative estimate of drug-likeness (QED) is 0.538. The second-order valence-electron chi connectivity index (χ2n) is 4.38. The normalized spacial score (nSPS) is 9.82. The number of carbonyl (C=O) groups is 4.